The second-order valence-corrected chi connectivity index (χ2v) is 7.01. The SMILES string of the molecule is CCCN(C1CCNC1)S(=O)(=O)c1cccc(C)c1F. The lowest BCUT2D eigenvalue weighted by Crippen LogP contribution is -2.42. The molecule has 4 nitrogen and oxygen atoms in total. The van der Waals surface area contributed by atoms with Crippen molar-refractivity contribution in [2.24, 2.45) is 0 Å². The van der Waals surface area contributed by atoms with E-state index in [4.69, 9.17) is 0 Å². The van der Waals surface area contributed by atoms with Crippen molar-refractivity contribution < 1.29 is 12.8 Å². The van der Waals surface area contributed by atoms with Gasteiger partial charge in [0.1, 0.15) is 10.7 Å². The first-order valence-electron chi connectivity index (χ1n) is 6.96. The van der Waals surface area contributed by atoms with Crippen LogP contribution >= 0.6 is 0 Å². The highest BCUT2D eigenvalue weighted by Gasteiger charge is 2.34. The van der Waals surface area contributed by atoms with Crippen LogP contribution in [0.5, 0.6) is 0 Å². The van der Waals surface area contributed by atoms with Gasteiger partial charge in [-0.05, 0) is 37.9 Å². The van der Waals surface area contributed by atoms with Gasteiger partial charge < -0.3 is 5.32 Å². The van der Waals surface area contributed by atoms with Crippen LogP contribution in [0.1, 0.15) is 25.3 Å². The van der Waals surface area contributed by atoms with E-state index in [1.54, 1.807) is 19.1 Å². The number of sulfonamides is 1. The molecule has 0 saturated carbocycles. The van der Waals surface area contributed by atoms with Crippen LogP contribution in [0.2, 0.25) is 0 Å². The summed E-state index contributed by atoms with van der Waals surface area (Å²) in [4.78, 5) is -0.210. The van der Waals surface area contributed by atoms with Crippen LogP contribution in [-0.2, 0) is 10.0 Å². The van der Waals surface area contributed by atoms with Crippen molar-refractivity contribution in [2.75, 3.05) is 19.6 Å². The predicted octanol–water partition coefficient (Wildman–Crippen LogP) is 1.90. The first-order valence-corrected chi connectivity index (χ1v) is 8.40. The summed E-state index contributed by atoms with van der Waals surface area (Å²) in [5.41, 5.74) is 0.354. The number of rotatable bonds is 5. The Labute approximate surface area is 120 Å². The molecule has 1 aromatic rings. The Morgan fingerprint density at radius 3 is 2.80 bits per heavy atom. The third-order valence-corrected chi connectivity index (χ3v) is 5.60. The first kappa shape index (κ1) is 15.4. The van der Waals surface area contributed by atoms with E-state index in [1.807, 2.05) is 6.92 Å². The Morgan fingerprint density at radius 1 is 1.45 bits per heavy atom. The largest absolute Gasteiger partial charge is 0.315 e. The summed E-state index contributed by atoms with van der Waals surface area (Å²) in [5.74, 6) is -0.639. The summed E-state index contributed by atoms with van der Waals surface area (Å²) in [6.07, 6.45) is 1.48. The summed E-state index contributed by atoms with van der Waals surface area (Å²) >= 11 is 0. The monoisotopic (exact) mass is 300 g/mol. The number of halogens is 1. The summed E-state index contributed by atoms with van der Waals surface area (Å²) in [6, 6.07) is 4.43. The third-order valence-electron chi connectivity index (χ3n) is 3.63. The molecule has 0 radical (unpaired) electrons. The maximum atomic E-state index is 14.2. The molecule has 0 aromatic heterocycles. The maximum Gasteiger partial charge on any atom is 0.246 e. The van der Waals surface area contributed by atoms with Crippen LogP contribution < -0.4 is 5.32 Å². The van der Waals surface area contributed by atoms with Gasteiger partial charge in [-0.15, -0.1) is 0 Å². The van der Waals surface area contributed by atoms with Gasteiger partial charge in [-0.1, -0.05) is 19.1 Å². The van der Waals surface area contributed by atoms with Gasteiger partial charge in [0.15, 0.2) is 0 Å². The number of nitrogens with one attached hydrogen (secondary N) is 1. The fraction of sp³-hybridized carbons (Fsp3) is 0.571. The van der Waals surface area contributed by atoms with E-state index in [1.165, 1.54) is 10.4 Å². The summed E-state index contributed by atoms with van der Waals surface area (Å²) in [7, 11) is -3.78. The van der Waals surface area contributed by atoms with Crippen LogP contribution in [0.25, 0.3) is 0 Å². The molecule has 20 heavy (non-hydrogen) atoms. The van der Waals surface area contributed by atoms with Crippen molar-refractivity contribution in [3.05, 3.63) is 29.6 Å². The van der Waals surface area contributed by atoms with Crippen molar-refractivity contribution in [3.63, 3.8) is 0 Å². The van der Waals surface area contributed by atoms with E-state index >= 15 is 0 Å². The lowest BCUT2D eigenvalue weighted by molar-refractivity contribution is 0.333. The van der Waals surface area contributed by atoms with Gasteiger partial charge in [-0.3, -0.25) is 0 Å². The average molecular weight is 300 g/mol. The maximum absolute atomic E-state index is 14.2. The van der Waals surface area contributed by atoms with E-state index in [2.05, 4.69) is 5.32 Å². The van der Waals surface area contributed by atoms with Crippen molar-refractivity contribution in [1.82, 2.24) is 9.62 Å². The number of hydrogen-bond acceptors (Lipinski definition) is 3. The molecule has 1 aliphatic heterocycles. The summed E-state index contributed by atoms with van der Waals surface area (Å²) in [5, 5.41) is 3.16. The molecule has 0 spiro atoms. The van der Waals surface area contributed by atoms with Crippen LogP contribution in [0.3, 0.4) is 0 Å². The van der Waals surface area contributed by atoms with E-state index in [9.17, 15) is 12.8 Å². The minimum Gasteiger partial charge on any atom is -0.315 e. The Balaban J connectivity index is 2.42. The highest BCUT2D eigenvalue weighted by molar-refractivity contribution is 7.89. The first-order chi connectivity index (χ1) is 9.48. The van der Waals surface area contributed by atoms with Gasteiger partial charge in [0, 0.05) is 19.1 Å². The Kier molecular flexibility index (Phi) is 4.78. The zero-order chi connectivity index (χ0) is 14.8. The van der Waals surface area contributed by atoms with Gasteiger partial charge in [0.05, 0.1) is 0 Å². The smallest absolute Gasteiger partial charge is 0.246 e. The molecule has 0 aliphatic carbocycles. The van der Waals surface area contributed by atoms with Gasteiger partial charge in [-0.2, -0.15) is 4.31 Å². The zero-order valence-corrected chi connectivity index (χ0v) is 12.7. The molecule has 112 valence electrons. The van der Waals surface area contributed by atoms with E-state index < -0.39 is 15.8 Å². The van der Waals surface area contributed by atoms with Gasteiger partial charge in [0.2, 0.25) is 10.0 Å². The normalized spacial score (nSPS) is 19.7. The fourth-order valence-electron chi connectivity index (χ4n) is 2.55. The van der Waals surface area contributed by atoms with Gasteiger partial charge in [-0.25, -0.2) is 12.8 Å². The van der Waals surface area contributed by atoms with Crippen LogP contribution in [-0.4, -0.2) is 38.4 Å². The molecule has 6 heteroatoms. The molecule has 2 rings (SSSR count). The van der Waals surface area contributed by atoms with Crippen molar-refractivity contribution in [3.8, 4) is 0 Å². The predicted molar refractivity (Wildman–Crippen MR) is 76.6 cm³/mol. The molecule has 1 saturated heterocycles. The van der Waals surface area contributed by atoms with Crippen molar-refractivity contribution >= 4 is 10.0 Å². The minimum absolute atomic E-state index is 0.0835. The molecule has 1 fully saturated rings. The molecule has 1 N–H and O–H groups in total. The summed E-state index contributed by atoms with van der Waals surface area (Å²) < 4.78 is 41.1. The Bertz CT molecular complexity index is 569. The third kappa shape index (κ3) is 2.87. The minimum atomic E-state index is -3.78. The highest BCUT2D eigenvalue weighted by atomic mass is 32.2. The highest BCUT2D eigenvalue weighted by Crippen LogP contribution is 2.25. The Hall–Kier alpha value is -0.980. The molecule has 1 aromatic carbocycles. The van der Waals surface area contributed by atoms with E-state index in [0.717, 1.165) is 13.0 Å². The molecule has 1 atom stereocenters. The molecule has 0 bridgehead atoms. The quantitative estimate of drug-likeness (QED) is 0.903. The molecule has 1 heterocycles. The number of nitrogens with zero attached hydrogens (tertiary/aromatic N) is 1. The van der Waals surface area contributed by atoms with Crippen LogP contribution in [0, 0.1) is 12.7 Å². The van der Waals surface area contributed by atoms with E-state index in [0.29, 0.717) is 25.1 Å². The van der Waals surface area contributed by atoms with Crippen LogP contribution in [0.4, 0.5) is 4.39 Å². The standard InChI is InChI=1S/C14H21FN2O2S/c1-3-9-17(12-7-8-16-10-12)20(18,19)13-6-4-5-11(2)14(13)15/h4-6,12,16H,3,7-10H2,1-2H3. The second kappa shape index (κ2) is 6.20. The molecule has 0 amide bonds. The lowest BCUT2D eigenvalue weighted by Gasteiger charge is -2.27. The zero-order valence-electron chi connectivity index (χ0n) is 11.9. The number of hydrogen-bond donors (Lipinski definition) is 1. The second-order valence-electron chi connectivity index (χ2n) is 5.15. The average Bonchev–Trinajstić information content (AvgIpc) is 2.92. The van der Waals surface area contributed by atoms with Crippen LogP contribution in [0.15, 0.2) is 23.1 Å². The molecule has 1 unspecified atom stereocenters. The van der Waals surface area contributed by atoms with Crippen molar-refractivity contribution in [1.29, 1.82) is 0 Å². The lowest BCUT2D eigenvalue weighted by atomic mass is 10.2. The van der Waals surface area contributed by atoms with Gasteiger partial charge >= 0.3 is 0 Å². The molecule has 1 aliphatic rings. The van der Waals surface area contributed by atoms with Crippen molar-refractivity contribution in [2.45, 2.75) is 37.6 Å². The number of aryl methyl sites for hydroxylation is 1. The molecular weight excluding hydrogens is 279 g/mol. The molecular formula is C14H21FN2O2S. The fourth-order valence-corrected chi connectivity index (χ4v) is 4.44. The summed E-state index contributed by atoms with van der Waals surface area (Å²) in [6.45, 7) is 5.36. The topological polar surface area (TPSA) is 49.4 Å². The Morgan fingerprint density at radius 2 is 2.20 bits per heavy atom. The van der Waals surface area contributed by atoms with Gasteiger partial charge in [0.25, 0.3) is 0 Å². The van der Waals surface area contributed by atoms with E-state index in [-0.39, 0.29) is 10.9 Å². The number of benzene rings is 1.